The van der Waals surface area contributed by atoms with E-state index in [4.69, 9.17) is 4.74 Å². The summed E-state index contributed by atoms with van der Waals surface area (Å²) in [5.74, 6) is -1.13. The van der Waals surface area contributed by atoms with Gasteiger partial charge in [-0.2, -0.15) is 0 Å². The topological polar surface area (TPSA) is 97.4 Å². The van der Waals surface area contributed by atoms with Gasteiger partial charge in [-0.25, -0.2) is 17.5 Å². The van der Waals surface area contributed by atoms with E-state index in [-0.39, 0.29) is 28.4 Å². The monoisotopic (exact) mass is 429 g/mol. The average molecular weight is 429 g/mol. The van der Waals surface area contributed by atoms with Crippen LogP contribution in [-0.4, -0.2) is 25.9 Å². The van der Waals surface area contributed by atoms with Gasteiger partial charge in [0.1, 0.15) is 11.6 Å². The number of benzene rings is 2. The number of ether oxygens (including phenoxy) is 1. The third-order valence-electron chi connectivity index (χ3n) is 4.14. The van der Waals surface area contributed by atoms with Gasteiger partial charge in [-0.3, -0.25) is 9.78 Å². The molecule has 7 nitrogen and oxygen atoms in total. The van der Waals surface area contributed by atoms with Crippen LogP contribution in [0.1, 0.15) is 22.8 Å². The lowest BCUT2D eigenvalue weighted by atomic mass is 10.2. The van der Waals surface area contributed by atoms with E-state index < -0.39 is 21.7 Å². The van der Waals surface area contributed by atoms with Gasteiger partial charge < -0.3 is 10.1 Å². The van der Waals surface area contributed by atoms with Crippen molar-refractivity contribution in [2.45, 2.75) is 18.4 Å². The summed E-state index contributed by atoms with van der Waals surface area (Å²) in [6, 6.07) is 13.0. The molecule has 1 heterocycles. The second-order valence-electron chi connectivity index (χ2n) is 6.20. The number of carbonyl (C=O) groups is 1. The van der Waals surface area contributed by atoms with Gasteiger partial charge in [0.25, 0.3) is 5.91 Å². The summed E-state index contributed by atoms with van der Waals surface area (Å²) in [5.41, 5.74) is 0.702. The molecule has 1 amide bonds. The summed E-state index contributed by atoms with van der Waals surface area (Å²) in [6.45, 7) is 2.13. The predicted octanol–water partition coefficient (Wildman–Crippen LogP) is 3.35. The number of amides is 1. The Morgan fingerprint density at radius 3 is 2.53 bits per heavy atom. The van der Waals surface area contributed by atoms with E-state index in [1.807, 2.05) is 0 Å². The van der Waals surface area contributed by atoms with Crippen molar-refractivity contribution in [1.29, 1.82) is 0 Å². The molecular formula is C21H20FN3O4S. The summed E-state index contributed by atoms with van der Waals surface area (Å²) < 4.78 is 47.3. The van der Waals surface area contributed by atoms with E-state index in [0.717, 1.165) is 5.56 Å². The van der Waals surface area contributed by atoms with Crippen LogP contribution >= 0.6 is 0 Å². The van der Waals surface area contributed by atoms with Crippen LogP contribution in [0.3, 0.4) is 0 Å². The quantitative estimate of drug-likeness (QED) is 0.572. The highest BCUT2D eigenvalue weighted by atomic mass is 32.2. The first-order valence-corrected chi connectivity index (χ1v) is 10.6. The Hall–Kier alpha value is -3.30. The van der Waals surface area contributed by atoms with E-state index >= 15 is 0 Å². The second kappa shape index (κ2) is 9.47. The van der Waals surface area contributed by atoms with Crippen molar-refractivity contribution in [3.63, 3.8) is 0 Å². The standard InChI is InChI=1S/C21H20FN3O4S/c1-2-29-20-8-7-16(30(27,28)24-14-15-9-11-23-12-10-15)13-19(20)25-21(26)17-5-3-4-6-18(17)22/h3-13,24H,2,14H2,1H3,(H,25,26). The second-order valence-corrected chi connectivity index (χ2v) is 7.97. The fraction of sp³-hybridized carbons (Fsp3) is 0.143. The van der Waals surface area contributed by atoms with E-state index in [1.165, 1.54) is 42.5 Å². The van der Waals surface area contributed by atoms with Crippen molar-refractivity contribution < 1.29 is 22.3 Å². The van der Waals surface area contributed by atoms with Crippen LogP contribution in [0.5, 0.6) is 5.75 Å². The molecule has 0 unspecified atom stereocenters. The Morgan fingerprint density at radius 1 is 1.10 bits per heavy atom. The van der Waals surface area contributed by atoms with Crippen LogP contribution in [0.4, 0.5) is 10.1 Å². The molecule has 0 spiro atoms. The van der Waals surface area contributed by atoms with Crippen molar-refractivity contribution in [2.75, 3.05) is 11.9 Å². The molecule has 3 aromatic rings. The van der Waals surface area contributed by atoms with Gasteiger partial charge in [0.15, 0.2) is 0 Å². The molecule has 9 heteroatoms. The first-order chi connectivity index (χ1) is 14.4. The minimum atomic E-state index is -3.87. The lowest BCUT2D eigenvalue weighted by Gasteiger charge is -2.14. The molecule has 0 atom stereocenters. The van der Waals surface area contributed by atoms with Crippen LogP contribution in [0, 0.1) is 5.82 Å². The van der Waals surface area contributed by atoms with Gasteiger partial charge >= 0.3 is 0 Å². The Kier molecular flexibility index (Phi) is 6.76. The molecule has 3 rings (SSSR count). The molecule has 156 valence electrons. The zero-order chi connectivity index (χ0) is 21.6. The first-order valence-electron chi connectivity index (χ1n) is 9.12. The van der Waals surface area contributed by atoms with Crippen LogP contribution in [0.15, 0.2) is 71.9 Å². The fourth-order valence-corrected chi connectivity index (χ4v) is 3.70. The highest BCUT2D eigenvalue weighted by Crippen LogP contribution is 2.28. The molecule has 0 fully saturated rings. The number of halogens is 1. The lowest BCUT2D eigenvalue weighted by molar-refractivity contribution is 0.102. The number of aromatic nitrogens is 1. The zero-order valence-electron chi connectivity index (χ0n) is 16.1. The fourth-order valence-electron chi connectivity index (χ4n) is 2.65. The summed E-state index contributed by atoms with van der Waals surface area (Å²) in [6.07, 6.45) is 3.13. The number of nitrogens with one attached hydrogen (secondary N) is 2. The van der Waals surface area contributed by atoms with Gasteiger partial charge in [-0.1, -0.05) is 12.1 Å². The maximum Gasteiger partial charge on any atom is 0.258 e. The smallest absolute Gasteiger partial charge is 0.258 e. The van der Waals surface area contributed by atoms with E-state index in [0.29, 0.717) is 6.61 Å². The van der Waals surface area contributed by atoms with Crippen molar-refractivity contribution in [3.8, 4) is 5.75 Å². The molecule has 0 saturated carbocycles. The maximum atomic E-state index is 13.9. The molecule has 2 N–H and O–H groups in total. The number of carbonyl (C=O) groups excluding carboxylic acids is 1. The number of nitrogens with zero attached hydrogens (tertiary/aromatic N) is 1. The number of pyridine rings is 1. The van der Waals surface area contributed by atoms with Gasteiger partial charge in [-0.15, -0.1) is 0 Å². The van der Waals surface area contributed by atoms with Gasteiger partial charge in [0, 0.05) is 18.9 Å². The summed E-state index contributed by atoms with van der Waals surface area (Å²) in [4.78, 5) is 16.3. The number of sulfonamides is 1. The Morgan fingerprint density at radius 2 is 1.83 bits per heavy atom. The third kappa shape index (κ3) is 5.19. The predicted molar refractivity (Wildman–Crippen MR) is 110 cm³/mol. The lowest BCUT2D eigenvalue weighted by Crippen LogP contribution is -2.23. The van der Waals surface area contributed by atoms with Gasteiger partial charge in [-0.05, 0) is 55.0 Å². The molecule has 0 aliphatic rings. The normalized spacial score (nSPS) is 11.1. The molecule has 0 aliphatic carbocycles. The van der Waals surface area contributed by atoms with Gasteiger partial charge in [0.05, 0.1) is 22.8 Å². The first kappa shape index (κ1) is 21.4. The minimum absolute atomic E-state index is 0.0659. The van der Waals surface area contributed by atoms with E-state index in [2.05, 4.69) is 15.0 Å². The SMILES string of the molecule is CCOc1ccc(S(=O)(=O)NCc2ccncc2)cc1NC(=O)c1ccccc1F. The molecule has 2 aromatic carbocycles. The summed E-state index contributed by atoms with van der Waals surface area (Å²) >= 11 is 0. The van der Waals surface area contributed by atoms with E-state index in [9.17, 15) is 17.6 Å². The number of rotatable bonds is 8. The molecule has 30 heavy (non-hydrogen) atoms. The molecule has 0 saturated heterocycles. The van der Waals surface area contributed by atoms with Crippen LogP contribution in [-0.2, 0) is 16.6 Å². The van der Waals surface area contributed by atoms with Crippen LogP contribution < -0.4 is 14.8 Å². The molecular weight excluding hydrogens is 409 g/mol. The summed E-state index contributed by atoms with van der Waals surface area (Å²) in [5, 5.41) is 2.53. The van der Waals surface area contributed by atoms with Crippen molar-refractivity contribution >= 4 is 21.6 Å². The van der Waals surface area contributed by atoms with Crippen LogP contribution in [0.25, 0.3) is 0 Å². The third-order valence-corrected chi connectivity index (χ3v) is 5.54. The van der Waals surface area contributed by atoms with Crippen LogP contribution in [0.2, 0.25) is 0 Å². The largest absolute Gasteiger partial charge is 0.492 e. The number of hydrogen-bond acceptors (Lipinski definition) is 5. The Labute approximate surface area is 174 Å². The Bertz CT molecular complexity index is 1140. The highest BCUT2D eigenvalue weighted by Gasteiger charge is 2.19. The van der Waals surface area contributed by atoms with E-state index in [1.54, 1.807) is 31.5 Å². The molecule has 0 bridgehead atoms. The molecule has 0 aliphatic heterocycles. The zero-order valence-corrected chi connectivity index (χ0v) is 16.9. The minimum Gasteiger partial charge on any atom is -0.492 e. The highest BCUT2D eigenvalue weighted by molar-refractivity contribution is 7.89. The maximum absolute atomic E-state index is 13.9. The summed E-state index contributed by atoms with van der Waals surface area (Å²) in [7, 11) is -3.87. The number of anilines is 1. The van der Waals surface area contributed by atoms with Crippen molar-refractivity contribution in [1.82, 2.24) is 9.71 Å². The van der Waals surface area contributed by atoms with Crippen molar-refractivity contribution in [3.05, 3.63) is 83.9 Å². The van der Waals surface area contributed by atoms with Crippen molar-refractivity contribution in [2.24, 2.45) is 0 Å². The average Bonchev–Trinajstić information content (AvgIpc) is 2.74. The number of hydrogen-bond donors (Lipinski definition) is 2. The molecule has 0 radical (unpaired) electrons. The molecule has 1 aromatic heterocycles. The van der Waals surface area contributed by atoms with Gasteiger partial charge in [0.2, 0.25) is 10.0 Å². The Balaban J connectivity index is 1.86.